The van der Waals surface area contributed by atoms with E-state index in [1.165, 1.54) is 17.5 Å². The van der Waals surface area contributed by atoms with Crippen LogP contribution in [0.25, 0.3) is 0 Å². The Balaban J connectivity index is 1.95. The number of hydrogen-bond donors (Lipinski definition) is 2. The summed E-state index contributed by atoms with van der Waals surface area (Å²) in [7, 11) is 0. The molecule has 3 heteroatoms. The summed E-state index contributed by atoms with van der Waals surface area (Å²) in [6.07, 6.45) is 4.11. The van der Waals surface area contributed by atoms with Crippen LogP contribution in [-0.2, 0) is 6.42 Å². The molecule has 1 aliphatic rings. The number of fused-ring (bicyclic) bond motifs is 1. The van der Waals surface area contributed by atoms with Gasteiger partial charge in [0.25, 0.3) is 0 Å². The van der Waals surface area contributed by atoms with E-state index in [0.29, 0.717) is 18.4 Å². The first-order valence-electron chi connectivity index (χ1n) is 6.03. The Bertz CT molecular complexity index is 423. The van der Waals surface area contributed by atoms with E-state index in [1.807, 2.05) is 0 Å². The standard InChI is InChI=1S/C14H19N3/c1-2-9-16-14(15)17-10-12-8-7-11-5-3-4-6-13(11)12/h2-6,12H,1,7-10H2,(H3,15,16,17). The molecular weight excluding hydrogens is 210 g/mol. The van der Waals surface area contributed by atoms with Crippen molar-refractivity contribution in [2.45, 2.75) is 18.8 Å². The van der Waals surface area contributed by atoms with Crippen molar-refractivity contribution in [1.29, 1.82) is 0 Å². The number of benzene rings is 1. The van der Waals surface area contributed by atoms with Gasteiger partial charge in [-0.2, -0.15) is 0 Å². The molecular formula is C14H19N3. The van der Waals surface area contributed by atoms with Crippen molar-refractivity contribution in [2.75, 3.05) is 13.1 Å². The molecule has 3 N–H and O–H groups in total. The van der Waals surface area contributed by atoms with E-state index in [1.54, 1.807) is 6.08 Å². The first-order valence-corrected chi connectivity index (χ1v) is 6.03. The summed E-state index contributed by atoms with van der Waals surface area (Å²) in [5, 5.41) is 2.99. The Morgan fingerprint density at radius 1 is 1.53 bits per heavy atom. The predicted molar refractivity (Wildman–Crippen MR) is 72.2 cm³/mol. The van der Waals surface area contributed by atoms with Crippen molar-refractivity contribution in [3.8, 4) is 0 Å². The van der Waals surface area contributed by atoms with Crippen LogP contribution in [0.5, 0.6) is 0 Å². The van der Waals surface area contributed by atoms with Gasteiger partial charge in [0, 0.05) is 19.0 Å². The first kappa shape index (κ1) is 11.7. The number of aliphatic imine (C=N–C) groups is 1. The van der Waals surface area contributed by atoms with Gasteiger partial charge in [0.1, 0.15) is 0 Å². The van der Waals surface area contributed by atoms with Crippen molar-refractivity contribution < 1.29 is 0 Å². The molecule has 0 saturated heterocycles. The molecule has 1 atom stereocenters. The highest BCUT2D eigenvalue weighted by Crippen LogP contribution is 2.32. The minimum Gasteiger partial charge on any atom is -0.370 e. The second kappa shape index (κ2) is 5.53. The van der Waals surface area contributed by atoms with E-state index in [2.05, 4.69) is 41.2 Å². The van der Waals surface area contributed by atoms with Crippen molar-refractivity contribution in [1.82, 2.24) is 5.32 Å². The Labute approximate surface area is 102 Å². The molecule has 0 bridgehead atoms. The molecule has 0 saturated carbocycles. The molecule has 1 aromatic rings. The monoisotopic (exact) mass is 229 g/mol. The fourth-order valence-electron chi connectivity index (χ4n) is 2.28. The molecule has 1 aromatic carbocycles. The highest BCUT2D eigenvalue weighted by Gasteiger charge is 2.21. The molecule has 0 amide bonds. The van der Waals surface area contributed by atoms with Gasteiger partial charge in [-0.15, -0.1) is 6.58 Å². The van der Waals surface area contributed by atoms with Gasteiger partial charge in [-0.25, -0.2) is 0 Å². The summed E-state index contributed by atoms with van der Waals surface area (Å²) >= 11 is 0. The topological polar surface area (TPSA) is 50.4 Å². The minimum absolute atomic E-state index is 0.509. The lowest BCUT2D eigenvalue weighted by Crippen LogP contribution is -2.32. The SMILES string of the molecule is C=CCNC(N)=NCC1CCc2ccccc21. The Kier molecular flexibility index (Phi) is 3.81. The molecule has 0 heterocycles. The number of guanidine groups is 1. The van der Waals surface area contributed by atoms with Gasteiger partial charge in [0.2, 0.25) is 0 Å². The van der Waals surface area contributed by atoms with E-state index in [4.69, 9.17) is 5.73 Å². The van der Waals surface area contributed by atoms with Crippen LogP contribution in [0.3, 0.4) is 0 Å². The number of nitrogens with one attached hydrogen (secondary N) is 1. The van der Waals surface area contributed by atoms with Crippen LogP contribution in [0.15, 0.2) is 41.9 Å². The van der Waals surface area contributed by atoms with Gasteiger partial charge in [-0.3, -0.25) is 4.99 Å². The summed E-state index contributed by atoms with van der Waals surface area (Å²) in [4.78, 5) is 4.38. The summed E-state index contributed by atoms with van der Waals surface area (Å²) in [5.74, 6) is 1.03. The lowest BCUT2D eigenvalue weighted by Gasteiger charge is -2.09. The van der Waals surface area contributed by atoms with Crippen molar-refractivity contribution in [2.24, 2.45) is 10.7 Å². The van der Waals surface area contributed by atoms with E-state index in [-0.39, 0.29) is 0 Å². The van der Waals surface area contributed by atoms with Gasteiger partial charge in [-0.05, 0) is 24.0 Å². The van der Waals surface area contributed by atoms with Crippen LogP contribution in [0.1, 0.15) is 23.5 Å². The van der Waals surface area contributed by atoms with Gasteiger partial charge in [0.15, 0.2) is 5.96 Å². The molecule has 3 nitrogen and oxygen atoms in total. The van der Waals surface area contributed by atoms with Crippen molar-refractivity contribution >= 4 is 5.96 Å². The van der Waals surface area contributed by atoms with Gasteiger partial charge in [0.05, 0.1) is 0 Å². The van der Waals surface area contributed by atoms with Crippen molar-refractivity contribution in [3.05, 3.63) is 48.0 Å². The zero-order valence-corrected chi connectivity index (χ0v) is 10.0. The van der Waals surface area contributed by atoms with E-state index in [9.17, 15) is 0 Å². The lowest BCUT2D eigenvalue weighted by atomic mass is 10.0. The second-order valence-electron chi connectivity index (χ2n) is 4.33. The average Bonchev–Trinajstić information content (AvgIpc) is 2.77. The van der Waals surface area contributed by atoms with E-state index in [0.717, 1.165) is 13.0 Å². The Hall–Kier alpha value is -1.77. The maximum absolute atomic E-state index is 5.75. The van der Waals surface area contributed by atoms with Crippen LogP contribution in [0.4, 0.5) is 0 Å². The zero-order valence-electron chi connectivity index (χ0n) is 10.0. The Morgan fingerprint density at radius 3 is 3.18 bits per heavy atom. The minimum atomic E-state index is 0.509. The van der Waals surface area contributed by atoms with Gasteiger partial charge < -0.3 is 11.1 Å². The molecule has 1 aliphatic carbocycles. The molecule has 1 unspecified atom stereocenters. The van der Waals surface area contributed by atoms with Gasteiger partial charge in [-0.1, -0.05) is 30.3 Å². The normalized spacial score (nSPS) is 18.8. The van der Waals surface area contributed by atoms with Crippen LogP contribution in [0, 0.1) is 0 Å². The van der Waals surface area contributed by atoms with Crippen LogP contribution in [-0.4, -0.2) is 19.0 Å². The number of nitrogens with zero attached hydrogens (tertiary/aromatic N) is 1. The van der Waals surface area contributed by atoms with E-state index >= 15 is 0 Å². The summed E-state index contributed by atoms with van der Waals surface area (Å²) in [6, 6.07) is 8.61. The number of aryl methyl sites for hydroxylation is 1. The maximum Gasteiger partial charge on any atom is 0.188 e. The lowest BCUT2D eigenvalue weighted by molar-refractivity contribution is 0.686. The second-order valence-corrected chi connectivity index (χ2v) is 4.33. The van der Waals surface area contributed by atoms with Crippen LogP contribution >= 0.6 is 0 Å². The number of hydrogen-bond acceptors (Lipinski definition) is 1. The summed E-state index contributed by atoms with van der Waals surface area (Å²) < 4.78 is 0. The first-order chi connectivity index (χ1) is 8.31. The highest BCUT2D eigenvalue weighted by molar-refractivity contribution is 5.77. The van der Waals surface area contributed by atoms with Crippen LogP contribution < -0.4 is 11.1 Å². The molecule has 0 fully saturated rings. The third-order valence-electron chi connectivity index (χ3n) is 3.17. The molecule has 2 rings (SSSR count). The zero-order chi connectivity index (χ0) is 12.1. The maximum atomic E-state index is 5.75. The van der Waals surface area contributed by atoms with Gasteiger partial charge >= 0.3 is 0 Å². The number of rotatable bonds is 4. The fraction of sp³-hybridized carbons (Fsp3) is 0.357. The molecule has 0 spiro atoms. The molecule has 0 aromatic heterocycles. The largest absolute Gasteiger partial charge is 0.370 e. The highest BCUT2D eigenvalue weighted by atomic mass is 15.1. The summed E-state index contributed by atoms with van der Waals surface area (Å²) in [6.45, 7) is 5.06. The molecule has 90 valence electrons. The Morgan fingerprint density at radius 2 is 2.35 bits per heavy atom. The molecule has 0 aliphatic heterocycles. The van der Waals surface area contributed by atoms with Crippen molar-refractivity contribution in [3.63, 3.8) is 0 Å². The smallest absolute Gasteiger partial charge is 0.188 e. The molecule has 17 heavy (non-hydrogen) atoms. The predicted octanol–water partition coefficient (Wildman–Crippen LogP) is 1.81. The summed E-state index contributed by atoms with van der Waals surface area (Å²) in [5.41, 5.74) is 8.65. The third kappa shape index (κ3) is 2.87. The number of nitrogens with two attached hydrogens (primary N) is 1. The van der Waals surface area contributed by atoms with Crippen LogP contribution in [0.2, 0.25) is 0 Å². The average molecular weight is 229 g/mol. The van der Waals surface area contributed by atoms with E-state index < -0.39 is 0 Å². The molecule has 0 radical (unpaired) electrons. The quantitative estimate of drug-likeness (QED) is 0.470. The third-order valence-corrected chi connectivity index (χ3v) is 3.17. The fourth-order valence-corrected chi connectivity index (χ4v) is 2.28.